The number of carbonyl (C=O) groups is 1. The van der Waals surface area contributed by atoms with Crippen LogP contribution >= 0.6 is 23.2 Å². The van der Waals surface area contributed by atoms with E-state index in [2.05, 4.69) is 5.32 Å². The summed E-state index contributed by atoms with van der Waals surface area (Å²) in [7, 11) is 0. The van der Waals surface area contributed by atoms with Crippen LogP contribution in [0.25, 0.3) is 0 Å². The first kappa shape index (κ1) is 14.9. The number of hydrogen-bond acceptors (Lipinski definition) is 4. The highest BCUT2D eigenvalue weighted by Gasteiger charge is 2.19. The molecule has 0 fully saturated rings. The third-order valence-corrected chi connectivity index (χ3v) is 3.36. The van der Waals surface area contributed by atoms with Crippen LogP contribution in [0.3, 0.4) is 0 Å². The number of carbonyl (C=O) groups excluding carboxylic acids is 1. The lowest BCUT2D eigenvalue weighted by Crippen LogP contribution is -2.29. The topological polar surface area (TPSA) is 72.2 Å². The first-order valence-corrected chi connectivity index (χ1v) is 6.06. The molecule has 0 bridgehead atoms. The van der Waals surface area contributed by atoms with Crippen molar-refractivity contribution in [2.24, 2.45) is 0 Å². The van der Waals surface area contributed by atoms with Gasteiger partial charge < -0.3 is 10.1 Å². The molecule has 7 heteroatoms. The standard InChI is InChI=1S/C11H12Cl2N2O3/c1-2-7(6-16)14-5-8-10(15(17)18)4-3-9(12)11(8)13/h3-4,6-7,14H,2,5H2,1H3. The highest BCUT2D eigenvalue weighted by Crippen LogP contribution is 2.32. The maximum Gasteiger partial charge on any atom is 0.275 e. The Balaban J connectivity index is 3.02. The highest BCUT2D eigenvalue weighted by atomic mass is 35.5. The smallest absolute Gasteiger partial charge is 0.275 e. The minimum atomic E-state index is -0.527. The molecule has 0 spiro atoms. The number of hydrogen-bond donors (Lipinski definition) is 1. The lowest BCUT2D eigenvalue weighted by atomic mass is 10.1. The lowest BCUT2D eigenvalue weighted by Gasteiger charge is -2.12. The average molecular weight is 291 g/mol. The number of nitro groups is 1. The Morgan fingerprint density at radius 1 is 1.50 bits per heavy atom. The van der Waals surface area contributed by atoms with Gasteiger partial charge in [-0.25, -0.2) is 0 Å². The SMILES string of the molecule is CCC(C=O)NCc1c([N+](=O)[O-])ccc(Cl)c1Cl. The van der Waals surface area contributed by atoms with E-state index in [1.54, 1.807) is 0 Å². The number of nitrogens with zero attached hydrogens (tertiary/aromatic N) is 1. The van der Waals surface area contributed by atoms with Gasteiger partial charge >= 0.3 is 0 Å². The van der Waals surface area contributed by atoms with E-state index >= 15 is 0 Å². The van der Waals surface area contributed by atoms with Crippen LogP contribution in [0.2, 0.25) is 10.0 Å². The summed E-state index contributed by atoms with van der Waals surface area (Å²) in [5, 5.41) is 14.1. The van der Waals surface area contributed by atoms with Gasteiger partial charge in [0.1, 0.15) is 6.29 Å². The number of rotatable bonds is 6. The van der Waals surface area contributed by atoms with Crippen LogP contribution in [0.4, 0.5) is 5.69 Å². The van der Waals surface area contributed by atoms with Crippen LogP contribution < -0.4 is 5.32 Å². The second-order valence-corrected chi connectivity index (χ2v) is 4.43. The van der Waals surface area contributed by atoms with Gasteiger partial charge in [0.2, 0.25) is 0 Å². The van der Waals surface area contributed by atoms with Crippen molar-refractivity contribution in [3.8, 4) is 0 Å². The second-order valence-electron chi connectivity index (χ2n) is 3.65. The normalized spacial score (nSPS) is 12.2. The fraction of sp³-hybridized carbons (Fsp3) is 0.364. The van der Waals surface area contributed by atoms with Crippen LogP contribution in [0, 0.1) is 10.1 Å². The predicted octanol–water partition coefficient (Wildman–Crippen LogP) is 2.97. The summed E-state index contributed by atoms with van der Waals surface area (Å²) in [6.07, 6.45) is 1.35. The Labute approximate surface area is 114 Å². The maximum atomic E-state index is 10.9. The van der Waals surface area contributed by atoms with E-state index in [1.165, 1.54) is 12.1 Å². The van der Waals surface area contributed by atoms with Gasteiger partial charge in [0.05, 0.1) is 26.6 Å². The molecule has 0 saturated heterocycles. The maximum absolute atomic E-state index is 10.9. The first-order valence-electron chi connectivity index (χ1n) is 5.31. The zero-order valence-corrected chi connectivity index (χ0v) is 11.2. The van der Waals surface area contributed by atoms with E-state index in [0.717, 1.165) is 6.29 Å². The molecule has 1 aromatic rings. The number of nitrogens with one attached hydrogen (secondary N) is 1. The molecule has 1 aromatic carbocycles. The van der Waals surface area contributed by atoms with Gasteiger partial charge in [0.15, 0.2) is 0 Å². The molecule has 1 N–H and O–H groups in total. The van der Waals surface area contributed by atoms with Gasteiger partial charge in [0, 0.05) is 12.6 Å². The monoisotopic (exact) mass is 290 g/mol. The Morgan fingerprint density at radius 3 is 2.67 bits per heavy atom. The minimum absolute atomic E-state index is 0.113. The largest absolute Gasteiger partial charge is 0.303 e. The van der Waals surface area contributed by atoms with Crippen LogP contribution in [0.1, 0.15) is 18.9 Å². The predicted molar refractivity (Wildman–Crippen MR) is 70.1 cm³/mol. The number of halogens is 2. The molecule has 0 radical (unpaired) electrons. The Bertz CT molecular complexity index is 466. The summed E-state index contributed by atoms with van der Waals surface area (Å²) in [4.78, 5) is 21.0. The molecule has 1 atom stereocenters. The quantitative estimate of drug-likeness (QED) is 0.497. The average Bonchev–Trinajstić information content (AvgIpc) is 2.35. The van der Waals surface area contributed by atoms with Gasteiger partial charge in [-0.05, 0) is 12.5 Å². The summed E-state index contributed by atoms with van der Waals surface area (Å²) in [5.74, 6) is 0. The third-order valence-electron chi connectivity index (χ3n) is 2.51. The number of benzene rings is 1. The molecule has 0 saturated carbocycles. The van der Waals surface area contributed by atoms with E-state index < -0.39 is 4.92 Å². The molecule has 0 heterocycles. The van der Waals surface area contributed by atoms with Crippen molar-refractivity contribution in [3.05, 3.63) is 37.9 Å². The first-order chi connectivity index (χ1) is 8.51. The van der Waals surface area contributed by atoms with E-state index in [9.17, 15) is 14.9 Å². The summed E-state index contributed by atoms with van der Waals surface area (Å²) < 4.78 is 0. The highest BCUT2D eigenvalue weighted by molar-refractivity contribution is 6.42. The molecule has 0 amide bonds. The van der Waals surface area contributed by atoms with E-state index in [4.69, 9.17) is 23.2 Å². The van der Waals surface area contributed by atoms with Crippen LogP contribution in [-0.2, 0) is 11.3 Å². The van der Waals surface area contributed by atoms with E-state index in [-0.39, 0.29) is 33.9 Å². The van der Waals surface area contributed by atoms with Crippen molar-refractivity contribution in [2.75, 3.05) is 0 Å². The van der Waals surface area contributed by atoms with Gasteiger partial charge in [0.25, 0.3) is 5.69 Å². The van der Waals surface area contributed by atoms with Crippen LogP contribution in [-0.4, -0.2) is 17.3 Å². The van der Waals surface area contributed by atoms with Gasteiger partial charge in [-0.1, -0.05) is 30.1 Å². The summed E-state index contributed by atoms with van der Waals surface area (Å²) in [6.45, 7) is 1.95. The van der Waals surface area contributed by atoms with Crippen molar-refractivity contribution >= 4 is 35.2 Å². The van der Waals surface area contributed by atoms with Crippen LogP contribution in [0.5, 0.6) is 0 Å². The molecule has 1 rings (SSSR count). The molecular weight excluding hydrogens is 279 g/mol. The molecular formula is C11H12Cl2N2O3. The molecule has 0 aliphatic rings. The van der Waals surface area contributed by atoms with Crippen molar-refractivity contribution in [1.29, 1.82) is 0 Å². The van der Waals surface area contributed by atoms with Gasteiger partial charge in [-0.15, -0.1) is 0 Å². The van der Waals surface area contributed by atoms with Crippen LogP contribution in [0.15, 0.2) is 12.1 Å². The molecule has 18 heavy (non-hydrogen) atoms. The zero-order valence-electron chi connectivity index (χ0n) is 9.65. The lowest BCUT2D eigenvalue weighted by molar-refractivity contribution is -0.385. The van der Waals surface area contributed by atoms with E-state index in [0.29, 0.717) is 6.42 Å². The molecule has 0 aromatic heterocycles. The van der Waals surface area contributed by atoms with Crippen molar-refractivity contribution in [3.63, 3.8) is 0 Å². The second kappa shape index (κ2) is 6.68. The third kappa shape index (κ3) is 3.41. The summed E-state index contributed by atoms with van der Waals surface area (Å²) in [5.41, 5.74) is 0.173. The van der Waals surface area contributed by atoms with Crippen molar-refractivity contribution in [2.45, 2.75) is 25.9 Å². The summed E-state index contributed by atoms with van der Waals surface area (Å²) in [6, 6.07) is 2.31. The molecule has 5 nitrogen and oxygen atoms in total. The van der Waals surface area contributed by atoms with Gasteiger partial charge in [-0.2, -0.15) is 0 Å². The van der Waals surface area contributed by atoms with E-state index in [1.807, 2.05) is 6.92 Å². The molecule has 0 aliphatic carbocycles. The molecule has 98 valence electrons. The molecule has 0 aliphatic heterocycles. The fourth-order valence-electron chi connectivity index (χ4n) is 1.44. The van der Waals surface area contributed by atoms with Crippen molar-refractivity contribution in [1.82, 2.24) is 5.32 Å². The fourth-order valence-corrected chi connectivity index (χ4v) is 1.85. The summed E-state index contributed by atoms with van der Waals surface area (Å²) >= 11 is 11.8. The molecule has 1 unspecified atom stereocenters. The Hall–Kier alpha value is -1.17. The Morgan fingerprint density at radius 2 is 2.17 bits per heavy atom. The zero-order chi connectivity index (χ0) is 13.7. The number of aldehydes is 1. The Kier molecular flexibility index (Phi) is 5.53. The minimum Gasteiger partial charge on any atom is -0.303 e. The number of nitro benzene ring substituents is 1. The van der Waals surface area contributed by atoms with Gasteiger partial charge in [-0.3, -0.25) is 10.1 Å². The van der Waals surface area contributed by atoms with Crippen molar-refractivity contribution < 1.29 is 9.72 Å².